The molecule has 4 rings (SSSR count). The van der Waals surface area contributed by atoms with E-state index in [0.29, 0.717) is 18.8 Å². The molecule has 5 heteroatoms. The Kier molecular flexibility index (Phi) is 2.30. The van der Waals surface area contributed by atoms with Gasteiger partial charge in [0.2, 0.25) is 0 Å². The van der Waals surface area contributed by atoms with E-state index in [0.717, 1.165) is 21.9 Å². The fraction of sp³-hybridized carbons (Fsp3) is 0.267. The Labute approximate surface area is 114 Å². The quantitative estimate of drug-likeness (QED) is 0.748. The first kappa shape index (κ1) is 11.4. The average molecular weight is 267 g/mol. The van der Waals surface area contributed by atoms with E-state index in [1.807, 2.05) is 18.3 Å². The Morgan fingerprint density at radius 3 is 3.00 bits per heavy atom. The predicted octanol–water partition coefficient (Wildman–Crippen LogP) is 2.69. The number of rotatable bonds is 2. The molecule has 1 aliphatic carbocycles. The first-order chi connectivity index (χ1) is 9.74. The number of carbonyl (C=O) groups is 1. The van der Waals surface area contributed by atoms with Crippen LogP contribution in [-0.4, -0.2) is 26.0 Å². The molecule has 1 fully saturated rings. The van der Waals surface area contributed by atoms with Gasteiger partial charge in [-0.2, -0.15) is 0 Å². The number of pyridine rings is 2. The SMILES string of the molecule is O=C(O)C1CC(c2c[nH]c3ncc4ncccc4c23)C1. The molecule has 2 N–H and O–H groups in total. The molecule has 0 radical (unpaired) electrons. The molecule has 0 spiro atoms. The molecule has 0 aliphatic heterocycles. The fourth-order valence-electron chi connectivity index (χ4n) is 3.06. The third kappa shape index (κ3) is 1.52. The van der Waals surface area contributed by atoms with Gasteiger partial charge in [-0.1, -0.05) is 6.07 Å². The third-order valence-electron chi connectivity index (χ3n) is 4.24. The van der Waals surface area contributed by atoms with Crippen molar-refractivity contribution in [2.75, 3.05) is 0 Å². The van der Waals surface area contributed by atoms with Crippen molar-refractivity contribution in [2.45, 2.75) is 18.8 Å². The summed E-state index contributed by atoms with van der Waals surface area (Å²) in [5, 5.41) is 11.2. The summed E-state index contributed by atoms with van der Waals surface area (Å²) in [5.41, 5.74) is 2.89. The normalized spacial score (nSPS) is 22.0. The molecule has 5 nitrogen and oxygen atoms in total. The molecule has 20 heavy (non-hydrogen) atoms. The van der Waals surface area contributed by atoms with Gasteiger partial charge in [0, 0.05) is 23.2 Å². The van der Waals surface area contributed by atoms with Crippen molar-refractivity contribution >= 4 is 27.9 Å². The van der Waals surface area contributed by atoms with Crippen LogP contribution in [0.15, 0.2) is 30.7 Å². The van der Waals surface area contributed by atoms with Gasteiger partial charge in [0.25, 0.3) is 0 Å². The number of aromatic amines is 1. The zero-order chi connectivity index (χ0) is 13.7. The lowest BCUT2D eigenvalue weighted by atomic mass is 9.71. The van der Waals surface area contributed by atoms with Crippen molar-refractivity contribution in [2.24, 2.45) is 5.92 Å². The second-order valence-corrected chi connectivity index (χ2v) is 5.37. The lowest BCUT2D eigenvalue weighted by Crippen LogP contribution is -2.28. The molecular formula is C15H13N3O2. The van der Waals surface area contributed by atoms with Crippen LogP contribution in [0.25, 0.3) is 21.9 Å². The molecule has 3 aromatic heterocycles. The first-order valence-electron chi connectivity index (χ1n) is 6.67. The second kappa shape index (κ2) is 4.03. The molecule has 0 atom stereocenters. The summed E-state index contributed by atoms with van der Waals surface area (Å²) in [4.78, 5) is 22.8. The van der Waals surface area contributed by atoms with Gasteiger partial charge in [-0.25, -0.2) is 4.98 Å². The van der Waals surface area contributed by atoms with Crippen LogP contribution in [-0.2, 0) is 4.79 Å². The highest BCUT2D eigenvalue weighted by Gasteiger charge is 2.36. The number of hydrogen-bond acceptors (Lipinski definition) is 3. The van der Waals surface area contributed by atoms with Crippen molar-refractivity contribution in [3.05, 3.63) is 36.3 Å². The monoisotopic (exact) mass is 267 g/mol. The second-order valence-electron chi connectivity index (χ2n) is 5.37. The summed E-state index contributed by atoms with van der Waals surface area (Å²) >= 11 is 0. The van der Waals surface area contributed by atoms with E-state index >= 15 is 0 Å². The predicted molar refractivity (Wildman–Crippen MR) is 74.5 cm³/mol. The van der Waals surface area contributed by atoms with Gasteiger partial charge in [0.15, 0.2) is 0 Å². The Bertz CT molecular complexity index is 818. The highest BCUT2D eigenvalue weighted by Crippen LogP contribution is 2.44. The van der Waals surface area contributed by atoms with E-state index in [4.69, 9.17) is 5.11 Å². The largest absolute Gasteiger partial charge is 0.481 e. The Balaban J connectivity index is 1.85. The minimum absolute atomic E-state index is 0.203. The van der Waals surface area contributed by atoms with Crippen LogP contribution in [0, 0.1) is 5.92 Å². The smallest absolute Gasteiger partial charge is 0.306 e. The topological polar surface area (TPSA) is 78.9 Å². The highest BCUT2D eigenvalue weighted by atomic mass is 16.4. The summed E-state index contributed by atoms with van der Waals surface area (Å²) in [7, 11) is 0. The summed E-state index contributed by atoms with van der Waals surface area (Å²) in [5.74, 6) is -0.589. The van der Waals surface area contributed by atoms with Crippen molar-refractivity contribution in [1.29, 1.82) is 0 Å². The van der Waals surface area contributed by atoms with Crippen LogP contribution in [0.3, 0.4) is 0 Å². The van der Waals surface area contributed by atoms with E-state index in [1.165, 1.54) is 5.56 Å². The lowest BCUT2D eigenvalue weighted by Gasteiger charge is -2.32. The molecule has 0 unspecified atom stereocenters. The van der Waals surface area contributed by atoms with Crippen molar-refractivity contribution in [1.82, 2.24) is 15.0 Å². The minimum atomic E-state index is -0.689. The molecule has 0 saturated heterocycles. The van der Waals surface area contributed by atoms with Crippen LogP contribution >= 0.6 is 0 Å². The van der Waals surface area contributed by atoms with Gasteiger partial charge in [0.05, 0.1) is 17.6 Å². The molecule has 3 aromatic rings. The van der Waals surface area contributed by atoms with E-state index in [-0.39, 0.29) is 5.92 Å². The maximum Gasteiger partial charge on any atom is 0.306 e. The molecular weight excluding hydrogens is 254 g/mol. The van der Waals surface area contributed by atoms with Gasteiger partial charge in [0.1, 0.15) is 5.65 Å². The molecule has 1 saturated carbocycles. The lowest BCUT2D eigenvalue weighted by molar-refractivity contribution is -0.145. The molecule has 0 bridgehead atoms. The van der Waals surface area contributed by atoms with Crippen LogP contribution < -0.4 is 0 Å². The number of aromatic nitrogens is 3. The van der Waals surface area contributed by atoms with E-state index in [9.17, 15) is 4.79 Å². The number of fused-ring (bicyclic) bond motifs is 3. The van der Waals surface area contributed by atoms with Gasteiger partial charge in [-0.3, -0.25) is 9.78 Å². The van der Waals surface area contributed by atoms with Gasteiger partial charge in [-0.05, 0) is 30.4 Å². The van der Waals surface area contributed by atoms with Gasteiger partial charge >= 0.3 is 5.97 Å². The number of H-pyrrole nitrogens is 1. The van der Waals surface area contributed by atoms with Crippen LogP contribution in [0.5, 0.6) is 0 Å². The van der Waals surface area contributed by atoms with Gasteiger partial charge in [-0.15, -0.1) is 0 Å². The Hall–Kier alpha value is -2.43. The maximum absolute atomic E-state index is 10.9. The number of carboxylic acids is 1. The zero-order valence-electron chi connectivity index (χ0n) is 10.7. The fourth-order valence-corrected chi connectivity index (χ4v) is 3.06. The number of aliphatic carboxylic acids is 1. The van der Waals surface area contributed by atoms with Crippen molar-refractivity contribution in [3.63, 3.8) is 0 Å². The maximum atomic E-state index is 10.9. The summed E-state index contributed by atoms with van der Waals surface area (Å²) in [6.07, 6.45) is 6.90. The average Bonchev–Trinajstić information content (AvgIpc) is 2.81. The molecule has 100 valence electrons. The Morgan fingerprint density at radius 1 is 1.35 bits per heavy atom. The van der Waals surface area contributed by atoms with Crippen molar-refractivity contribution in [3.8, 4) is 0 Å². The summed E-state index contributed by atoms with van der Waals surface area (Å²) in [6.45, 7) is 0. The van der Waals surface area contributed by atoms with Crippen LogP contribution in [0.1, 0.15) is 24.3 Å². The standard InChI is InChI=1S/C15H13N3O2/c19-15(20)9-4-8(5-9)11-6-17-14-13(11)10-2-1-3-16-12(10)7-18-14/h1-3,6-9H,4-5H2,(H,17,18)(H,19,20). The first-order valence-corrected chi connectivity index (χ1v) is 6.67. The van der Waals surface area contributed by atoms with Gasteiger partial charge < -0.3 is 10.1 Å². The number of carboxylic acid groups (broad SMARTS) is 1. The number of nitrogens with one attached hydrogen (secondary N) is 1. The zero-order valence-corrected chi connectivity index (χ0v) is 10.7. The molecule has 1 aliphatic rings. The minimum Gasteiger partial charge on any atom is -0.481 e. The Morgan fingerprint density at radius 2 is 2.20 bits per heavy atom. The van der Waals surface area contributed by atoms with Crippen molar-refractivity contribution < 1.29 is 9.90 Å². The highest BCUT2D eigenvalue weighted by molar-refractivity contribution is 6.05. The molecule has 0 amide bonds. The van der Waals surface area contributed by atoms with Crippen LogP contribution in [0.4, 0.5) is 0 Å². The summed E-state index contributed by atoms with van der Waals surface area (Å²) in [6, 6.07) is 3.95. The van der Waals surface area contributed by atoms with E-state index in [2.05, 4.69) is 15.0 Å². The van der Waals surface area contributed by atoms with E-state index < -0.39 is 5.97 Å². The van der Waals surface area contributed by atoms with Crippen LogP contribution in [0.2, 0.25) is 0 Å². The third-order valence-corrected chi connectivity index (χ3v) is 4.24. The number of nitrogens with zero attached hydrogens (tertiary/aromatic N) is 2. The van der Waals surface area contributed by atoms with E-state index in [1.54, 1.807) is 12.4 Å². The molecule has 3 heterocycles. The molecule has 0 aromatic carbocycles. The summed E-state index contributed by atoms with van der Waals surface area (Å²) < 4.78 is 0. The number of hydrogen-bond donors (Lipinski definition) is 2.